The molecule has 1 aromatic heterocycles. The van der Waals surface area contributed by atoms with Gasteiger partial charge in [0.2, 0.25) is 9.84 Å². The Labute approximate surface area is 95.7 Å². The van der Waals surface area contributed by atoms with Crippen LogP contribution in [0.25, 0.3) is 0 Å². The van der Waals surface area contributed by atoms with Gasteiger partial charge in [0.05, 0.1) is 11.9 Å². The minimum atomic E-state index is -3.35. The van der Waals surface area contributed by atoms with Gasteiger partial charge in [0, 0.05) is 13.5 Å². The molecule has 1 saturated heterocycles. The predicted octanol–water partition coefficient (Wildman–Crippen LogP) is 1.57. The molecule has 0 spiro atoms. The van der Waals surface area contributed by atoms with Crippen molar-refractivity contribution in [2.24, 2.45) is 0 Å². The third-order valence-corrected chi connectivity index (χ3v) is 4.24. The van der Waals surface area contributed by atoms with Crippen molar-refractivity contribution in [2.45, 2.75) is 37.5 Å². The summed E-state index contributed by atoms with van der Waals surface area (Å²) < 4.78 is 33.6. The minimum Gasteiger partial charge on any atom is -0.448 e. The maximum absolute atomic E-state index is 11.8. The Hall–Kier alpha value is -0.880. The lowest BCUT2D eigenvalue weighted by molar-refractivity contribution is 0.198. The molecule has 1 fully saturated rings. The Morgan fingerprint density at radius 3 is 2.56 bits per heavy atom. The zero-order valence-corrected chi connectivity index (χ0v) is 10.6. The highest BCUT2D eigenvalue weighted by molar-refractivity contribution is 7.92. The summed E-state index contributed by atoms with van der Waals surface area (Å²) in [4.78, 5) is 3.82. The largest absolute Gasteiger partial charge is 0.448 e. The highest BCUT2D eigenvalue weighted by Gasteiger charge is 2.33. The first-order chi connectivity index (χ1) is 7.60. The van der Waals surface area contributed by atoms with E-state index in [1.807, 2.05) is 13.8 Å². The van der Waals surface area contributed by atoms with Crippen LogP contribution in [0.4, 0.5) is 0 Å². The van der Waals surface area contributed by atoms with Gasteiger partial charge < -0.3 is 9.15 Å². The number of sulfone groups is 1. The van der Waals surface area contributed by atoms with Crippen LogP contribution >= 0.6 is 0 Å². The number of aromatic nitrogens is 1. The average Bonchev–Trinajstić information content (AvgIpc) is 2.90. The fourth-order valence-corrected chi connectivity index (χ4v) is 2.86. The standard InChI is InChI=1S/C8H11NO4S.C2H6/c1-6-9-8(5-13-6)14(10,11)7-2-3-12-4-7;1-2/h5,7H,2-4H2,1H3;1-2H3. The molecule has 16 heavy (non-hydrogen) atoms. The molecule has 1 unspecified atom stereocenters. The van der Waals surface area contributed by atoms with Crippen molar-refractivity contribution in [3.05, 3.63) is 12.2 Å². The van der Waals surface area contributed by atoms with E-state index in [0.717, 1.165) is 0 Å². The first kappa shape index (κ1) is 13.2. The van der Waals surface area contributed by atoms with E-state index in [1.165, 1.54) is 6.26 Å². The van der Waals surface area contributed by atoms with Gasteiger partial charge in [-0.05, 0) is 6.42 Å². The van der Waals surface area contributed by atoms with Gasteiger partial charge >= 0.3 is 0 Å². The molecule has 92 valence electrons. The van der Waals surface area contributed by atoms with Crippen LogP contribution in [0.5, 0.6) is 0 Å². The van der Waals surface area contributed by atoms with E-state index < -0.39 is 15.1 Å². The van der Waals surface area contributed by atoms with Crippen molar-refractivity contribution in [1.29, 1.82) is 0 Å². The number of hydrogen-bond acceptors (Lipinski definition) is 5. The molecule has 6 heteroatoms. The summed E-state index contributed by atoms with van der Waals surface area (Å²) >= 11 is 0. The van der Waals surface area contributed by atoms with Gasteiger partial charge in [-0.3, -0.25) is 0 Å². The lowest BCUT2D eigenvalue weighted by Crippen LogP contribution is -2.21. The van der Waals surface area contributed by atoms with Crippen LogP contribution < -0.4 is 0 Å². The Morgan fingerprint density at radius 2 is 2.12 bits per heavy atom. The zero-order valence-electron chi connectivity index (χ0n) is 9.76. The van der Waals surface area contributed by atoms with E-state index in [9.17, 15) is 8.42 Å². The van der Waals surface area contributed by atoms with Gasteiger partial charge in [-0.2, -0.15) is 0 Å². The van der Waals surface area contributed by atoms with E-state index in [1.54, 1.807) is 6.92 Å². The summed E-state index contributed by atoms with van der Waals surface area (Å²) in [6.45, 7) is 6.37. The monoisotopic (exact) mass is 247 g/mol. The zero-order chi connectivity index (χ0) is 12.2. The lowest BCUT2D eigenvalue weighted by Gasteiger charge is -2.05. The first-order valence-electron chi connectivity index (χ1n) is 5.34. The average molecular weight is 247 g/mol. The molecule has 1 aliphatic heterocycles. The number of aryl methyl sites for hydroxylation is 1. The van der Waals surface area contributed by atoms with Crippen molar-refractivity contribution in [2.75, 3.05) is 13.2 Å². The second-order valence-corrected chi connectivity index (χ2v) is 5.41. The van der Waals surface area contributed by atoms with Crippen molar-refractivity contribution >= 4 is 9.84 Å². The number of rotatable bonds is 2. The third-order valence-electron chi connectivity index (χ3n) is 2.22. The normalized spacial score (nSPS) is 20.3. The van der Waals surface area contributed by atoms with Crippen LogP contribution in [0.2, 0.25) is 0 Å². The Balaban J connectivity index is 0.000000606. The van der Waals surface area contributed by atoms with E-state index >= 15 is 0 Å². The summed E-state index contributed by atoms with van der Waals surface area (Å²) in [6.07, 6.45) is 1.72. The minimum absolute atomic E-state index is 0.0190. The van der Waals surface area contributed by atoms with Crippen molar-refractivity contribution in [3.8, 4) is 0 Å². The molecule has 0 bridgehead atoms. The molecular weight excluding hydrogens is 230 g/mol. The van der Waals surface area contributed by atoms with Crippen molar-refractivity contribution in [1.82, 2.24) is 4.98 Å². The smallest absolute Gasteiger partial charge is 0.204 e. The SMILES string of the molecule is CC.Cc1nc(S(=O)(=O)C2CCOC2)co1. The van der Waals surface area contributed by atoms with E-state index in [0.29, 0.717) is 18.9 Å². The molecule has 0 radical (unpaired) electrons. The second-order valence-electron chi connectivity index (χ2n) is 3.24. The highest BCUT2D eigenvalue weighted by atomic mass is 32.2. The Morgan fingerprint density at radius 1 is 1.44 bits per heavy atom. The molecule has 5 nitrogen and oxygen atoms in total. The van der Waals surface area contributed by atoms with Crippen LogP contribution in [0.3, 0.4) is 0 Å². The lowest BCUT2D eigenvalue weighted by atomic mass is 10.4. The number of ether oxygens (including phenoxy) is 1. The van der Waals surface area contributed by atoms with Crippen LogP contribution in [0, 0.1) is 6.92 Å². The molecule has 0 saturated carbocycles. The Kier molecular flexibility index (Phi) is 4.49. The van der Waals surface area contributed by atoms with Crippen LogP contribution in [-0.2, 0) is 14.6 Å². The molecule has 0 N–H and O–H groups in total. The molecule has 1 aliphatic rings. The summed E-state index contributed by atoms with van der Waals surface area (Å²) in [5.41, 5.74) is 0. The van der Waals surface area contributed by atoms with Gasteiger partial charge in [-0.1, -0.05) is 13.8 Å². The van der Waals surface area contributed by atoms with Gasteiger partial charge in [-0.25, -0.2) is 13.4 Å². The number of nitrogens with zero attached hydrogens (tertiary/aromatic N) is 1. The molecule has 1 aromatic rings. The summed E-state index contributed by atoms with van der Waals surface area (Å²) in [5.74, 6) is 0.363. The van der Waals surface area contributed by atoms with E-state index in [-0.39, 0.29) is 11.6 Å². The molecule has 0 aromatic carbocycles. The second kappa shape index (κ2) is 5.45. The first-order valence-corrected chi connectivity index (χ1v) is 6.89. The summed E-state index contributed by atoms with van der Waals surface area (Å²) in [7, 11) is -3.35. The summed E-state index contributed by atoms with van der Waals surface area (Å²) in [6, 6.07) is 0. The van der Waals surface area contributed by atoms with Gasteiger partial charge in [0.25, 0.3) is 0 Å². The quantitative estimate of drug-likeness (QED) is 0.793. The molecular formula is C10H17NO4S. The number of hydrogen-bond donors (Lipinski definition) is 0. The van der Waals surface area contributed by atoms with E-state index in [2.05, 4.69) is 4.98 Å². The summed E-state index contributed by atoms with van der Waals surface area (Å²) in [5, 5.41) is -0.447. The Bertz CT molecular complexity index is 418. The molecule has 2 rings (SSSR count). The van der Waals surface area contributed by atoms with Crippen LogP contribution in [-0.4, -0.2) is 31.9 Å². The molecule has 2 heterocycles. The fourth-order valence-electron chi connectivity index (χ4n) is 1.40. The molecule has 0 aliphatic carbocycles. The van der Waals surface area contributed by atoms with Crippen LogP contribution in [0.1, 0.15) is 26.2 Å². The van der Waals surface area contributed by atoms with Gasteiger partial charge in [0.1, 0.15) is 6.26 Å². The van der Waals surface area contributed by atoms with Crippen molar-refractivity contribution in [3.63, 3.8) is 0 Å². The van der Waals surface area contributed by atoms with Crippen molar-refractivity contribution < 1.29 is 17.6 Å². The molecule has 0 amide bonds. The van der Waals surface area contributed by atoms with Crippen LogP contribution in [0.15, 0.2) is 15.7 Å². The topological polar surface area (TPSA) is 69.4 Å². The maximum atomic E-state index is 11.8. The molecule has 1 atom stereocenters. The maximum Gasteiger partial charge on any atom is 0.204 e. The van der Waals surface area contributed by atoms with Gasteiger partial charge in [-0.15, -0.1) is 0 Å². The highest BCUT2D eigenvalue weighted by Crippen LogP contribution is 2.21. The third kappa shape index (κ3) is 2.62. The van der Waals surface area contributed by atoms with E-state index in [4.69, 9.17) is 9.15 Å². The predicted molar refractivity (Wildman–Crippen MR) is 59.0 cm³/mol. The van der Waals surface area contributed by atoms with Gasteiger partial charge in [0.15, 0.2) is 10.9 Å². The fraction of sp³-hybridized carbons (Fsp3) is 0.700. The number of oxazole rings is 1.